The largest absolute Gasteiger partial charge is 0.459 e. The summed E-state index contributed by atoms with van der Waals surface area (Å²) in [4.78, 5) is 39.6. The number of ether oxygens (including phenoxy) is 1. The van der Waals surface area contributed by atoms with Crippen molar-refractivity contribution in [2.24, 2.45) is 0 Å². The van der Waals surface area contributed by atoms with Crippen LogP contribution in [0, 0.1) is 5.82 Å². The Kier molecular flexibility index (Phi) is 4.51. The molecule has 0 spiro atoms. The molecular weight excluding hydrogens is 351 g/mol. The summed E-state index contributed by atoms with van der Waals surface area (Å²) in [5.74, 6) is -1.64. The van der Waals surface area contributed by atoms with E-state index in [-0.39, 0.29) is 16.3 Å². The number of benzene rings is 1. The molecule has 132 valence electrons. The summed E-state index contributed by atoms with van der Waals surface area (Å²) in [5, 5.41) is -0.155. The number of nitrogens with zero attached hydrogens (tertiary/aromatic N) is 1. The number of esters is 1. The number of aromatic amines is 1. The van der Waals surface area contributed by atoms with Gasteiger partial charge in [0.15, 0.2) is 0 Å². The van der Waals surface area contributed by atoms with E-state index in [1.54, 1.807) is 13.8 Å². The molecule has 1 aromatic carbocycles. The third-order valence-corrected chi connectivity index (χ3v) is 4.29. The van der Waals surface area contributed by atoms with E-state index < -0.39 is 29.1 Å². The minimum absolute atomic E-state index is 0.112. The summed E-state index contributed by atoms with van der Waals surface area (Å²) in [6.07, 6.45) is 1.47. The summed E-state index contributed by atoms with van der Waals surface area (Å²) in [6.45, 7) is 3.32. The highest BCUT2D eigenvalue weighted by molar-refractivity contribution is 6.33. The third kappa shape index (κ3) is 3.11. The number of fused-ring (bicyclic) bond motifs is 1. The molecule has 0 radical (unpaired) electrons. The summed E-state index contributed by atoms with van der Waals surface area (Å²) >= 11 is 5.93. The predicted octanol–water partition coefficient (Wildman–Crippen LogP) is 2.37. The zero-order valence-corrected chi connectivity index (χ0v) is 14.4. The second-order valence-corrected chi connectivity index (χ2v) is 6.53. The van der Waals surface area contributed by atoms with Crippen LogP contribution in [0.15, 0.2) is 21.7 Å². The Morgan fingerprint density at radius 3 is 2.72 bits per heavy atom. The minimum Gasteiger partial charge on any atom is -0.459 e. The molecule has 0 atom stereocenters. The van der Waals surface area contributed by atoms with Crippen molar-refractivity contribution in [3.8, 4) is 5.69 Å². The van der Waals surface area contributed by atoms with Crippen LogP contribution < -0.4 is 11.2 Å². The van der Waals surface area contributed by atoms with Crippen LogP contribution in [-0.2, 0) is 17.6 Å². The lowest BCUT2D eigenvalue weighted by molar-refractivity contribution is 0.0378. The maximum Gasteiger partial charge on any atom is 0.339 e. The quantitative estimate of drug-likeness (QED) is 0.845. The molecular formula is C17H16ClFN2O4. The molecule has 6 nitrogen and oxygen atoms in total. The topological polar surface area (TPSA) is 81.2 Å². The van der Waals surface area contributed by atoms with Gasteiger partial charge in [-0.1, -0.05) is 11.6 Å². The second kappa shape index (κ2) is 6.48. The second-order valence-electron chi connectivity index (χ2n) is 6.12. The van der Waals surface area contributed by atoms with Crippen molar-refractivity contribution in [1.82, 2.24) is 9.55 Å². The minimum atomic E-state index is -0.878. The number of aromatic nitrogens is 2. The number of aryl methyl sites for hydroxylation is 1. The number of hydrogen-bond donors (Lipinski definition) is 1. The van der Waals surface area contributed by atoms with Crippen molar-refractivity contribution in [2.75, 3.05) is 0 Å². The van der Waals surface area contributed by atoms with Crippen molar-refractivity contribution in [3.63, 3.8) is 0 Å². The lowest BCUT2D eigenvalue weighted by Crippen LogP contribution is -2.37. The van der Waals surface area contributed by atoms with Gasteiger partial charge in [-0.3, -0.25) is 4.79 Å². The summed E-state index contributed by atoms with van der Waals surface area (Å²) < 4.78 is 20.2. The van der Waals surface area contributed by atoms with E-state index in [0.29, 0.717) is 28.7 Å². The molecule has 0 unspecified atom stereocenters. The standard InChI is InChI=1S/C17H16ClFN2O4/c1-8(2)25-16(23)10-6-14(12(19)7-11(10)18)21-15(22)9-4-3-5-13(9)20-17(21)24/h6-8H,3-5H2,1-2H3,(H,20,24). The Bertz CT molecular complexity index is 978. The normalized spacial score (nSPS) is 13.2. The van der Waals surface area contributed by atoms with Crippen LogP contribution in [0.1, 0.15) is 41.9 Å². The molecule has 0 aliphatic heterocycles. The lowest BCUT2D eigenvalue weighted by Gasteiger charge is -2.13. The highest BCUT2D eigenvalue weighted by atomic mass is 35.5. The monoisotopic (exact) mass is 366 g/mol. The van der Waals surface area contributed by atoms with E-state index in [1.807, 2.05) is 0 Å². The first-order valence-corrected chi connectivity index (χ1v) is 8.25. The van der Waals surface area contributed by atoms with Gasteiger partial charge < -0.3 is 9.72 Å². The first-order valence-electron chi connectivity index (χ1n) is 7.87. The molecule has 0 fully saturated rings. The van der Waals surface area contributed by atoms with Gasteiger partial charge in [-0.2, -0.15) is 0 Å². The number of rotatable bonds is 3. The average Bonchev–Trinajstić information content (AvgIpc) is 2.96. The molecule has 1 aliphatic rings. The molecule has 1 aliphatic carbocycles. The number of H-pyrrole nitrogens is 1. The summed E-state index contributed by atoms with van der Waals surface area (Å²) in [6, 6.07) is 1.97. The zero-order chi connectivity index (χ0) is 18.3. The molecule has 2 aromatic rings. The third-order valence-electron chi connectivity index (χ3n) is 3.98. The molecule has 1 aromatic heterocycles. The van der Waals surface area contributed by atoms with Gasteiger partial charge in [0.05, 0.1) is 22.4 Å². The fourth-order valence-corrected chi connectivity index (χ4v) is 3.12. The maximum atomic E-state index is 14.4. The Balaban J connectivity index is 2.21. The van der Waals surface area contributed by atoms with Crippen molar-refractivity contribution in [2.45, 2.75) is 39.2 Å². The van der Waals surface area contributed by atoms with Crippen LogP contribution in [0.3, 0.4) is 0 Å². The molecule has 8 heteroatoms. The predicted molar refractivity (Wildman–Crippen MR) is 90.2 cm³/mol. The first-order chi connectivity index (χ1) is 11.8. The maximum absolute atomic E-state index is 14.4. The molecule has 0 saturated carbocycles. The van der Waals surface area contributed by atoms with Gasteiger partial charge in [0.25, 0.3) is 5.56 Å². The van der Waals surface area contributed by atoms with Crippen LogP contribution in [0.5, 0.6) is 0 Å². The fourth-order valence-electron chi connectivity index (χ4n) is 2.89. The summed E-state index contributed by atoms with van der Waals surface area (Å²) in [7, 11) is 0. The van der Waals surface area contributed by atoms with E-state index in [0.717, 1.165) is 18.6 Å². The van der Waals surface area contributed by atoms with Gasteiger partial charge >= 0.3 is 11.7 Å². The molecule has 1 heterocycles. The molecule has 1 N–H and O–H groups in total. The van der Waals surface area contributed by atoms with Gasteiger partial charge in [0.1, 0.15) is 5.82 Å². The van der Waals surface area contributed by atoms with Crippen LogP contribution in [0.25, 0.3) is 5.69 Å². The van der Waals surface area contributed by atoms with Gasteiger partial charge in [0, 0.05) is 11.3 Å². The van der Waals surface area contributed by atoms with E-state index in [9.17, 15) is 18.8 Å². The Morgan fingerprint density at radius 2 is 2.04 bits per heavy atom. The smallest absolute Gasteiger partial charge is 0.339 e. The zero-order valence-electron chi connectivity index (χ0n) is 13.7. The van der Waals surface area contributed by atoms with Crippen LogP contribution in [0.2, 0.25) is 5.02 Å². The van der Waals surface area contributed by atoms with E-state index >= 15 is 0 Å². The lowest BCUT2D eigenvalue weighted by atomic mass is 10.1. The SMILES string of the molecule is CC(C)OC(=O)c1cc(-n2c(=O)[nH]c3c(c2=O)CCC3)c(F)cc1Cl. The van der Waals surface area contributed by atoms with E-state index in [4.69, 9.17) is 16.3 Å². The van der Waals surface area contributed by atoms with Crippen LogP contribution >= 0.6 is 11.6 Å². The molecule has 3 rings (SSSR count). The van der Waals surface area contributed by atoms with Crippen molar-refractivity contribution in [3.05, 3.63) is 60.6 Å². The number of nitrogens with one attached hydrogen (secondary N) is 1. The molecule has 25 heavy (non-hydrogen) atoms. The first kappa shape index (κ1) is 17.4. The van der Waals surface area contributed by atoms with Gasteiger partial charge in [-0.05, 0) is 45.2 Å². The number of carbonyl (C=O) groups is 1. The fraction of sp³-hybridized carbons (Fsp3) is 0.353. The average molecular weight is 367 g/mol. The van der Waals surface area contributed by atoms with Crippen molar-refractivity contribution >= 4 is 17.6 Å². The number of halogens is 2. The highest BCUT2D eigenvalue weighted by Gasteiger charge is 2.23. The van der Waals surface area contributed by atoms with E-state index in [1.165, 1.54) is 0 Å². The van der Waals surface area contributed by atoms with Crippen molar-refractivity contribution in [1.29, 1.82) is 0 Å². The molecule has 0 amide bonds. The molecule has 0 saturated heterocycles. The van der Waals surface area contributed by atoms with Gasteiger partial charge in [0.2, 0.25) is 0 Å². The van der Waals surface area contributed by atoms with Crippen LogP contribution in [-0.4, -0.2) is 21.6 Å². The summed E-state index contributed by atoms with van der Waals surface area (Å²) in [5.41, 5.74) is -0.740. The Labute approximate surface area is 147 Å². The number of hydrogen-bond acceptors (Lipinski definition) is 4. The van der Waals surface area contributed by atoms with Crippen LogP contribution in [0.4, 0.5) is 4.39 Å². The highest BCUT2D eigenvalue weighted by Crippen LogP contribution is 2.24. The van der Waals surface area contributed by atoms with Crippen molar-refractivity contribution < 1.29 is 13.9 Å². The number of carbonyl (C=O) groups excluding carboxylic acids is 1. The van der Waals surface area contributed by atoms with Gasteiger partial charge in [-0.25, -0.2) is 18.5 Å². The molecule has 0 bridgehead atoms. The Hall–Kier alpha value is -2.41. The van der Waals surface area contributed by atoms with Gasteiger partial charge in [-0.15, -0.1) is 0 Å². The Morgan fingerprint density at radius 1 is 1.32 bits per heavy atom. The van der Waals surface area contributed by atoms with E-state index in [2.05, 4.69) is 4.98 Å².